The summed E-state index contributed by atoms with van der Waals surface area (Å²) in [4.78, 5) is 30.3. The third-order valence-corrected chi connectivity index (χ3v) is 25.1. The van der Waals surface area contributed by atoms with Crippen molar-refractivity contribution in [2.45, 2.75) is 274 Å². The second-order valence-corrected chi connectivity index (χ2v) is 31.0. The highest BCUT2D eigenvalue weighted by Crippen LogP contribution is 2.69. The van der Waals surface area contributed by atoms with Crippen LogP contribution in [0.5, 0.6) is 0 Å². The number of hydrogen-bond donors (Lipinski definition) is 4. The zero-order valence-corrected chi connectivity index (χ0v) is 54.9. The highest BCUT2D eigenvalue weighted by atomic mass is 16.6. The molecule has 0 aromatic carbocycles. The normalized spacial score (nSPS) is 35.3. The first-order valence-corrected chi connectivity index (χ1v) is 35.4. The Balaban J connectivity index is 0.000000236. The topological polar surface area (TPSA) is 163 Å². The van der Waals surface area contributed by atoms with Gasteiger partial charge in [-0.2, -0.15) is 0 Å². The van der Waals surface area contributed by atoms with E-state index in [4.69, 9.17) is 32.4 Å². The average Bonchev–Trinajstić information content (AvgIpc) is 2.04. The summed E-state index contributed by atoms with van der Waals surface area (Å²) in [6.45, 7) is 30.7. The third kappa shape index (κ3) is 15.9. The Bertz CT molecular complexity index is 1870. The second kappa shape index (κ2) is 31.2. The van der Waals surface area contributed by atoms with Gasteiger partial charge in [0, 0.05) is 39.0 Å². The molecular formula is C72H130N6O4. The molecule has 0 radical (unpaired) electrons. The van der Waals surface area contributed by atoms with E-state index in [0.717, 1.165) is 187 Å². The van der Waals surface area contributed by atoms with E-state index in [9.17, 15) is 9.59 Å². The molecule has 0 bridgehead atoms. The molecule has 0 aromatic heterocycles. The molecule has 8 rings (SSSR count). The van der Waals surface area contributed by atoms with Crippen LogP contribution in [0.4, 0.5) is 9.59 Å². The third-order valence-electron chi connectivity index (χ3n) is 25.1. The Morgan fingerprint density at radius 2 is 0.817 bits per heavy atom. The van der Waals surface area contributed by atoms with Crippen LogP contribution in [0.3, 0.4) is 0 Å². The quantitative estimate of drug-likeness (QED) is 0.0444. The summed E-state index contributed by atoms with van der Waals surface area (Å²) in [5.41, 5.74) is 27.7. The zero-order valence-electron chi connectivity index (χ0n) is 54.9. The number of nitrogens with two attached hydrogens (primary N) is 4. The van der Waals surface area contributed by atoms with Gasteiger partial charge in [0.25, 0.3) is 0 Å². The Morgan fingerprint density at radius 3 is 1.15 bits per heavy atom. The largest absolute Gasteiger partial charge is 0.446 e. The van der Waals surface area contributed by atoms with Crippen molar-refractivity contribution in [3.05, 3.63) is 23.3 Å². The van der Waals surface area contributed by atoms with Crippen LogP contribution in [0.15, 0.2) is 23.3 Å². The summed E-state index contributed by atoms with van der Waals surface area (Å²) >= 11 is 0. The number of rotatable bonds is 28. The van der Waals surface area contributed by atoms with Crippen molar-refractivity contribution in [1.82, 2.24) is 9.80 Å². The van der Waals surface area contributed by atoms with Crippen LogP contribution >= 0.6 is 0 Å². The molecule has 10 nitrogen and oxygen atoms in total. The number of amides is 2. The van der Waals surface area contributed by atoms with E-state index < -0.39 is 0 Å². The fourth-order valence-electron chi connectivity index (χ4n) is 20.3. The van der Waals surface area contributed by atoms with Crippen molar-refractivity contribution in [1.29, 1.82) is 0 Å². The van der Waals surface area contributed by atoms with Crippen molar-refractivity contribution in [3.8, 4) is 0 Å². The van der Waals surface area contributed by atoms with Gasteiger partial charge >= 0.3 is 12.2 Å². The zero-order chi connectivity index (χ0) is 59.2. The molecule has 2 amide bonds. The monoisotopic (exact) mass is 1140 g/mol. The van der Waals surface area contributed by atoms with Gasteiger partial charge in [0.15, 0.2) is 0 Å². The Kier molecular flexibility index (Phi) is 25.6. The van der Waals surface area contributed by atoms with Gasteiger partial charge in [-0.25, -0.2) is 9.59 Å². The van der Waals surface area contributed by atoms with Crippen LogP contribution in [-0.2, 0) is 9.47 Å². The summed E-state index contributed by atoms with van der Waals surface area (Å²) in [6, 6.07) is 0. The number of nitrogens with zero attached hydrogens (tertiary/aromatic N) is 2. The molecule has 6 fully saturated rings. The van der Waals surface area contributed by atoms with Gasteiger partial charge in [-0.3, -0.25) is 0 Å². The lowest BCUT2D eigenvalue weighted by molar-refractivity contribution is -0.0593. The van der Waals surface area contributed by atoms with Gasteiger partial charge in [-0.1, -0.05) is 131 Å². The SMILES string of the molecule is CC(C)CCC[C@@H](C)[C@H]1CCC2C3CC=C4CC(OC(=O)N(CCCCN)CCCCN)CC[C@]4(C)C3CC[C@@]21C.CC(C)CCC[C@@H](C)[C@H]1CCC2C3CC=C4CC(OC(=O)N(CCCCN)CCCCN)CC[C@]4(C)C3CC[C@@]21C. The lowest BCUT2D eigenvalue weighted by Crippen LogP contribution is -2.51. The van der Waals surface area contributed by atoms with Gasteiger partial charge < -0.3 is 42.2 Å². The molecular weight excluding hydrogens is 1010 g/mol. The summed E-state index contributed by atoms with van der Waals surface area (Å²) in [5.74, 6) is 10.3. The number of carbonyl (C=O) groups excluding carboxylic acids is 2. The molecule has 8 unspecified atom stereocenters. The average molecular weight is 1140 g/mol. The van der Waals surface area contributed by atoms with Crippen molar-refractivity contribution in [3.63, 3.8) is 0 Å². The van der Waals surface area contributed by atoms with Gasteiger partial charge in [0.2, 0.25) is 0 Å². The fraction of sp³-hybridized carbons (Fsp3) is 0.917. The number of carbonyl (C=O) groups is 2. The van der Waals surface area contributed by atoms with E-state index in [1.807, 2.05) is 9.80 Å². The Hall–Kier alpha value is -2.14. The van der Waals surface area contributed by atoms with E-state index in [1.165, 1.54) is 103 Å². The summed E-state index contributed by atoms with van der Waals surface area (Å²) < 4.78 is 12.4. The van der Waals surface area contributed by atoms with E-state index in [2.05, 4.69) is 81.4 Å². The Morgan fingerprint density at radius 1 is 0.463 bits per heavy atom. The summed E-state index contributed by atoms with van der Waals surface area (Å²) in [6.07, 6.45) is 41.0. The second-order valence-electron chi connectivity index (χ2n) is 31.0. The molecule has 6 saturated carbocycles. The molecule has 0 spiro atoms. The molecule has 82 heavy (non-hydrogen) atoms. The molecule has 16 atom stereocenters. The van der Waals surface area contributed by atoms with E-state index in [-0.39, 0.29) is 35.2 Å². The first kappa shape index (κ1) is 67.4. The maximum Gasteiger partial charge on any atom is 0.410 e. The highest BCUT2D eigenvalue weighted by Gasteiger charge is 2.61. The van der Waals surface area contributed by atoms with Crippen molar-refractivity contribution in [2.24, 2.45) is 116 Å². The van der Waals surface area contributed by atoms with Gasteiger partial charge in [0.1, 0.15) is 12.2 Å². The maximum atomic E-state index is 13.2. The van der Waals surface area contributed by atoms with Gasteiger partial charge in [-0.15, -0.1) is 0 Å². The standard InChI is InChI=1S/2C36H65N3O2/c2*1-26(2)11-10-12-27(3)31-15-16-32-30-14-13-28-25-29(17-19-35(28,4)33(30)18-20-36(31,32)5)41-34(40)39(23-8-6-21-37)24-9-7-22-38/h2*13,26-27,29-33H,6-12,14-25,37-38H2,1-5H3/t2*27-,29?,30?,31-,32?,33?,35+,36-/m11/s1. The predicted molar refractivity (Wildman–Crippen MR) is 343 cm³/mol. The molecule has 8 aliphatic carbocycles. The fourth-order valence-corrected chi connectivity index (χ4v) is 20.3. The van der Waals surface area contributed by atoms with Crippen molar-refractivity contribution >= 4 is 12.2 Å². The number of fused-ring (bicyclic) bond motifs is 10. The van der Waals surface area contributed by atoms with Gasteiger partial charge in [-0.05, 0) is 260 Å². The van der Waals surface area contributed by atoms with E-state index in [0.29, 0.717) is 37.0 Å². The van der Waals surface area contributed by atoms with Crippen molar-refractivity contribution < 1.29 is 19.1 Å². The summed E-state index contributed by atoms with van der Waals surface area (Å²) in [7, 11) is 0. The molecule has 472 valence electrons. The van der Waals surface area contributed by atoms with Gasteiger partial charge in [0.05, 0.1) is 0 Å². The molecule has 0 aliphatic heterocycles. The lowest BCUT2D eigenvalue weighted by atomic mass is 9.47. The highest BCUT2D eigenvalue weighted by molar-refractivity contribution is 5.68. The molecule has 0 heterocycles. The number of unbranched alkanes of at least 4 members (excludes halogenated alkanes) is 4. The molecule has 0 saturated heterocycles. The predicted octanol–water partition coefficient (Wildman–Crippen LogP) is 16.6. The molecule has 0 aromatic rings. The lowest BCUT2D eigenvalue weighted by Gasteiger charge is -2.58. The Labute approximate surface area is 504 Å². The number of ether oxygens (including phenoxy) is 2. The smallest absolute Gasteiger partial charge is 0.410 e. The van der Waals surface area contributed by atoms with Crippen molar-refractivity contribution in [2.75, 3.05) is 52.4 Å². The number of allylic oxidation sites excluding steroid dienone is 2. The number of hydrogen-bond acceptors (Lipinski definition) is 8. The first-order chi connectivity index (χ1) is 39.3. The first-order valence-electron chi connectivity index (χ1n) is 35.4. The minimum atomic E-state index is -0.130. The van der Waals surface area contributed by atoms with Crippen LogP contribution in [0.1, 0.15) is 262 Å². The van der Waals surface area contributed by atoms with Crippen LogP contribution in [-0.4, -0.2) is 86.6 Å². The molecule has 10 heteroatoms. The van der Waals surface area contributed by atoms with E-state index in [1.54, 1.807) is 11.1 Å². The molecule has 8 N–H and O–H groups in total. The summed E-state index contributed by atoms with van der Waals surface area (Å²) in [5, 5.41) is 0. The van der Waals surface area contributed by atoms with E-state index >= 15 is 0 Å². The van der Waals surface area contributed by atoms with Crippen LogP contribution in [0.25, 0.3) is 0 Å². The van der Waals surface area contributed by atoms with Crippen LogP contribution < -0.4 is 22.9 Å². The minimum absolute atomic E-state index is 0.0151. The van der Waals surface area contributed by atoms with Crippen LogP contribution in [0.2, 0.25) is 0 Å². The van der Waals surface area contributed by atoms with Crippen LogP contribution in [0, 0.1) is 92.7 Å². The molecule has 8 aliphatic rings. The minimum Gasteiger partial charge on any atom is -0.446 e. The maximum absolute atomic E-state index is 13.2.